The largest absolute Gasteiger partial charge is 0.458 e. The van der Waals surface area contributed by atoms with Crippen LogP contribution < -0.4 is 0 Å². The first-order valence-corrected chi connectivity index (χ1v) is 6.42. The summed E-state index contributed by atoms with van der Waals surface area (Å²) >= 11 is 0. The number of hydrogen-bond acceptors (Lipinski definition) is 3. The number of ether oxygens (including phenoxy) is 1. The maximum absolute atomic E-state index is 11.9. The fraction of sp³-hybridized carbons (Fsp3) is 0.571. The number of carbonyl (C=O) groups excluding carboxylic acids is 1. The monoisotopic (exact) mass is 233 g/mol. The lowest BCUT2D eigenvalue weighted by molar-refractivity contribution is 0.000670. The molecule has 0 radical (unpaired) electrons. The summed E-state index contributed by atoms with van der Waals surface area (Å²) in [6.07, 6.45) is 9.03. The molecule has 0 aliphatic heterocycles. The Labute approximate surface area is 102 Å². The summed E-state index contributed by atoms with van der Waals surface area (Å²) in [6, 6.07) is 3.51. The van der Waals surface area contributed by atoms with E-state index in [4.69, 9.17) is 4.74 Å². The lowest BCUT2D eigenvalue weighted by Crippen LogP contribution is -2.29. The highest BCUT2D eigenvalue weighted by atomic mass is 16.5. The minimum absolute atomic E-state index is 0.0986. The predicted octanol–water partition coefficient (Wildman–Crippen LogP) is 3.21. The van der Waals surface area contributed by atoms with E-state index in [0.717, 1.165) is 12.8 Å². The van der Waals surface area contributed by atoms with Crippen molar-refractivity contribution in [2.75, 3.05) is 0 Å². The van der Waals surface area contributed by atoms with Crippen LogP contribution in [0.25, 0.3) is 0 Å². The van der Waals surface area contributed by atoms with Gasteiger partial charge >= 0.3 is 5.97 Å². The van der Waals surface area contributed by atoms with E-state index in [1.165, 1.54) is 19.3 Å². The highest BCUT2D eigenvalue weighted by Gasteiger charge is 2.27. The van der Waals surface area contributed by atoms with Crippen molar-refractivity contribution in [3.05, 3.63) is 30.1 Å². The van der Waals surface area contributed by atoms with Gasteiger partial charge in [0.05, 0.1) is 5.56 Å². The summed E-state index contributed by atoms with van der Waals surface area (Å²) < 4.78 is 5.60. The zero-order chi connectivity index (χ0) is 12.1. The standard InChI is InChI=1S/C14H19NO2/c1-2-11-6-3-4-8-13(11)17-14(16)12-7-5-9-15-10-12/h5,7,9-11,13H,2-4,6,8H2,1H3. The van der Waals surface area contributed by atoms with Crippen molar-refractivity contribution in [1.82, 2.24) is 4.98 Å². The molecule has 1 saturated carbocycles. The molecule has 0 bridgehead atoms. The first-order chi connectivity index (χ1) is 8.31. The van der Waals surface area contributed by atoms with Crippen LogP contribution in [0.2, 0.25) is 0 Å². The molecule has 0 N–H and O–H groups in total. The van der Waals surface area contributed by atoms with Crippen molar-refractivity contribution in [2.24, 2.45) is 5.92 Å². The molecule has 1 aliphatic rings. The van der Waals surface area contributed by atoms with Gasteiger partial charge in [-0.2, -0.15) is 0 Å². The molecule has 3 heteroatoms. The molecule has 1 heterocycles. The quantitative estimate of drug-likeness (QED) is 0.752. The number of hydrogen-bond donors (Lipinski definition) is 0. The van der Waals surface area contributed by atoms with Crippen LogP contribution in [-0.2, 0) is 4.74 Å². The van der Waals surface area contributed by atoms with E-state index in [-0.39, 0.29) is 12.1 Å². The summed E-state index contributed by atoms with van der Waals surface area (Å²) in [5.74, 6) is 0.299. The first kappa shape index (κ1) is 12.1. The van der Waals surface area contributed by atoms with E-state index in [1.54, 1.807) is 24.5 Å². The molecule has 1 aromatic heterocycles. The second-order valence-electron chi connectivity index (χ2n) is 4.64. The van der Waals surface area contributed by atoms with Gasteiger partial charge in [-0.1, -0.05) is 13.3 Å². The average Bonchev–Trinajstić information content (AvgIpc) is 2.40. The lowest BCUT2D eigenvalue weighted by atomic mass is 9.85. The molecule has 1 aliphatic carbocycles. The van der Waals surface area contributed by atoms with E-state index in [9.17, 15) is 4.79 Å². The summed E-state index contributed by atoms with van der Waals surface area (Å²) in [5, 5.41) is 0. The van der Waals surface area contributed by atoms with Crippen molar-refractivity contribution in [3.63, 3.8) is 0 Å². The smallest absolute Gasteiger partial charge is 0.339 e. The molecule has 92 valence electrons. The van der Waals surface area contributed by atoms with Gasteiger partial charge in [0.1, 0.15) is 6.10 Å². The normalized spacial score (nSPS) is 24.3. The molecule has 0 aromatic carbocycles. The average molecular weight is 233 g/mol. The van der Waals surface area contributed by atoms with Crippen LogP contribution in [0.5, 0.6) is 0 Å². The number of aromatic nitrogens is 1. The van der Waals surface area contributed by atoms with E-state index >= 15 is 0 Å². The maximum Gasteiger partial charge on any atom is 0.339 e. The van der Waals surface area contributed by atoms with E-state index in [1.807, 2.05) is 0 Å². The number of nitrogens with zero attached hydrogens (tertiary/aromatic N) is 1. The van der Waals surface area contributed by atoms with Gasteiger partial charge in [0, 0.05) is 12.4 Å². The number of carbonyl (C=O) groups is 1. The molecule has 1 aromatic rings. The Balaban J connectivity index is 1.98. The Morgan fingerprint density at radius 2 is 2.29 bits per heavy atom. The van der Waals surface area contributed by atoms with Crippen molar-refractivity contribution in [2.45, 2.75) is 45.1 Å². The van der Waals surface area contributed by atoms with Gasteiger partial charge in [-0.15, -0.1) is 0 Å². The molecule has 0 spiro atoms. The lowest BCUT2D eigenvalue weighted by Gasteiger charge is -2.30. The fourth-order valence-corrected chi connectivity index (χ4v) is 2.48. The molecule has 0 saturated heterocycles. The highest BCUT2D eigenvalue weighted by Crippen LogP contribution is 2.29. The SMILES string of the molecule is CCC1CCCCC1OC(=O)c1cccnc1. The van der Waals surface area contributed by atoms with E-state index in [2.05, 4.69) is 11.9 Å². The zero-order valence-electron chi connectivity index (χ0n) is 10.3. The van der Waals surface area contributed by atoms with Gasteiger partial charge in [-0.25, -0.2) is 4.79 Å². The van der Waals surface area contributed by atoms with Gasteiger partial charge in [0.25, 0.3) is 0 Å². The van der Waals surface area contributed by atoms with E-state index < -0.39 is 0 Å². The summed E-state index contributed by atoms with van der Waals surface area (Å²) in [5.41, 5.74) is 0.549. The fourth-order valence-electron chi connectivity index (χ4n) is 2.48. The number of esters is 1. The Morgan fingerprint density at radius 3 is 3.00 bits per heavy atom. The summed E-state index contributed by atoms with van der Waals surface area (Å²) in [4.78, 5) is 15.8. The summed E-state index contributed by atoms with van der Waals surface area (Å²) in [6.45, 7) is 2.17. The third-order valence-corrected chi connectivity index (χ3v) is 3.52. The van der Waals surface area contributed by atoms with Crippen molar-refractivity contribution in [1.29, 1.82) is 0 Å². The minimum atomic E-state index is -0.233. The van der Waals surface area contributed by atoms with Crippen molar-refractivity contribution in [3.8, 4) is 0 Å². The predicted molar refractivity (Wildman–Crippen MR) is 65.7 cm³/mol. The Kier molecular flexibility index (Phi) is 4.13. The van der Waals surface area contributed by atoms with Crippen LogP contribution in [0, 0.1) is 5.92 Å². The maximum atomic E-state index is 11.9. The molecular weight excluding hydrogens is 214 g/mol. The second-order valence-corrected chi connectivity index (χ2v) is 4.64. The van der Waals surface area contributed by atoms with Crippen LogP contribution in [-0.4, -0.2) is 17.1 Å². The minimum Gasteiger partial charge on any atom is -0.458 e. The Bertz CT molecular complexity index is 364. The molecule has 2 unspecified atom stereocenters. The van der Waals surface area contributed by atoms with E-state index in [0.29, 0.717) is 11.5 Å². The highest BCUT2D eigenvalue weighted by molar-refractivity contribution is 5.89. The topological polar surface area (TPSA) is 39.2 Å². The van der Waals surface area contributed by atoms with Gasteiger partial charge in [0.2, 0.25) is 0 Å². The number of pyridine rings is 1. The summed E-state index contributed by atoms with van der Waals surface area (Å²) in [7, 11) is 0. The molecule has 2 rings (SSSR count). The van der Waals surface area contributed by atoms with Gasteiger partial charge < -0.3 is 4.74 Å². The third-order valence-electron chi connectivity index (χ3n) is 3.52. The van der Waals surface area contributed by atoms with Crippen LogP contribution in [0.3, 0.4) is 0 Å². The third kappa shape index (κ3) is 3.05. The van der Waals surface area contributed by atoms with Gasteiger partial charge in [0.15, 0.2) is 0 Å². The second kappa shape index (κ2) is 5.80. The molecule has 0 amide bonds. The molecule has 17 heavy (non-hydrogen) atoms. The van der Waals surface area contributed by atoms with Crippen LogP contribution in [0.15, 0.2) is 24.5 Å². The number of rotatable bonds is 3. The Hall–Kier alpha value is -1.38. The van der Waals surface area contributed by atoms with Crippen molar-refractivity contribution < 1.29 is 9.53 Å². The first-order valence-electron chi connectivity index (χ1n) is 6.42. The van der Waals surface area contributed by atoms with Crippen LogP contribution >= 0.6 is 0 Å². The van der Waals surface area contributed by atoms with Gasteiger partial charge in [-0.3, -0.25) is 4.98 Å². The molecule has 3 nitrogen and oxygen atoms in total. The van der Waals surface area contributed by atoms with Crippen molar-refractivity contribution >= 4 is 5.97 Å². The molecular formula is C14H19NO2. The molecule has 2 atom stereocenters. The molecule has 1 fully saturated rings. The van der Waals surface area contributed by atoms with Crippen LogP contribution in [0.4, 0.5) is 0 Å². The Morgan fingerprint density at radius 1 is 1.47 bits per heavy atom. The van der Waals surface area contributed by atoms with Gasteiger partial charge in [-0.05, 0) is 43.7 Å². The van der Waals surface area contributed by atoms with Crippen LogP contribution in [0.1, 0.15) is 49.4 Å². The zero-order valence-corrected chi connectivity index (χ0v) is 10.3.